The molecule has 0 heterocycles. The average Bonchev–Trinajstić information content (AvgIpc) is 1.95. The molecule has 0 N–H and O–H groups in total. The fourth-order valence-electron chi connectivity index (χ4n) is 0.543. The van der Waals surface area contributed by atoms with Crippen LogP contribution in [0.1, 0.15) is 33.6 Å². The van der Waals surface area contributed by atoms with Gasteiger partial charge in [0, 0.05) is 6.42 Å². The van der Waals surface area contributed by atoms with Gasteiger partial charge in [0.15, 0.2) is 0 Å². The number of carbonyl (C=O) groups excluding carboxylic acids is 1. The summed E-state index contributed by atoms with van der Waals surface area (Å²) < 4.78 is 4.97. The molecule has 0 aliphatic rings. The molecule has 0 saturated heterocycles. The van der Waals surface area contributed by atoms with Crippen molar-refractivity contribution in [1.82, 2.24) is 0 Å². The van der Waals surface area contributed by atoms with Gasteiger partial charge in [-0.3, -0.25) is 4.79 Å². The van der Waals surface area contributed by atoms with Crippen LogP contribution in [0.2, 0.25) is 0 Å². The molecule has 0 aromatic carbocycles. The van der Waals surface area contributed by atoms with E-state index in [4.69, 9.17) is 11.2 Å². The van der Waals surface area contributed by atoms with Crippen molar-refractivity contribution in [3.8, 4) is 12.3 Å². The Bertz CT molecular complexity index is 181. The molecule has 0 spiro atoms. The number of ether oxygens (including phenoxy) is 1. The first-order valence-electron chi connectivity index (χ1n) is 4.05. The zero-order valence-electron chi connectivity index (χ0n) is 8.02. The molecule has 0 amide bonds. The molecule has 2 heteroatoms. The lowest BCUT2D eigenvalue weighted by molar-refractivity contribution is -0.146. The quantitative estimate of drug-likeness (QED) is 0.476. The van der Waals surface area contributed by atoms with E-state index in [2.05, 4.69) is 5.92 Å². The van der Waals surface area contributed by atoms with E-state index in [9.17, 15) is 4.79 Å². The second kappa shape index (κ2) is 4.82. The summed E-state index contributed by atoms with van der Waals surface area (Å²) in [6.45, 7) is 6.50. The van der Waals surface area contributed by atoms with Crippen molar-refractivity contribution < 1.29 is 9.53 Å². The van der Waals surface area contributed by atoms with Crippen LogP contribution in [0.4, 0.5) is 0 Å². The van der Waals surface area contributed by atoms with Gasteiger partial charge in [-0.25, -0.2) is 0 Å². The minimum absolute atomic E-state index is 0.0335. The minimum atomic E-state index is -0.206. The average molecular weight is 168 g/mol. The van der Waals surface area contributed by atoms with Crippen LogP contribution in [-0.4, -0.2) is 12.6 Å². The van der Waals surface area contributed by atoms with E-state index < -0.39 is 0 Å². The Balaban J connectivity index is 3.53. The summed E-state index contributed by atoms with van der Waals surface area (Å²) in [6.07, 6.45) is 5.79. The number of carbonyl (C=O) groups is 1. The predicted octanol–water partition coefficient (Wildman–Crippen LogP) is 1.99. The van der Waals surface area contributed by atoms with Gasteiger partial charge in [-0.15, -0.1) is 12.3 Å². The Morgan fingerprint density at radius 1 is 1.50 bits per heavy atom. The van der Waals surface area contributed by atoms with Crippen molar-refractivity contribution in [3.05, 3.63) is 0 Å². The third-order valence-corrected chi connectivity index (χ3v) is 1.14. The number of rotatable bonds is 3. The van der Waals surface area contributed by atoms with Crippen LogP contribution in [-0.2, 0) is 9.53 Å². The Labute approximate surface area is 74.3 Å². The highest BCUT2D eigenvalue weighted by Crippen LogP contribution is 2.13. The van der Waals surface area contributed by atoms with Crippen LogP contribution in [0.3, 0.4) is 0 Å². The van der Waals surface area contributed by atoms with Gasteiger partial charge >= 0.3 is 5.97 Å². The topological polar surface area (TPSA) is 26.3 Å². The molecule has 12 heavy (non-hydrogen) atoms. The first kappa shape index (κ1) is 11.0. The second-order valence-corrected chi connectivity index (χ2v) is 3.93. The summed E-state index contributed by atoms with van der Waals surface area (Å²) in [7, 11) is 0. The van der Waals surface area contributed by atoms with Crippen molar-refractivity contribution >= 4 is 5.97 Å². The Morgan fingerprint density at radius 2 is 2.08 bits per heavy atom. The summed E-state index contributed by atoms with van der Waals surface area (Å²) in [5.41, 5.74) is 0.0335. The van der Waals surface area contributed by atoms with Crippen LogP contribution in [0, 0.1) is 17.8 Å². The molecule has 0 aromatic heterocycles. The molecule has 0 rings (SSSR count). The highest BCUT2D eigenvalue weighted by molar-refractivity contribution is 5.69. The SMILES string of the molecule is C#CCCC(=O)OCC(C)(C)C. The molecule has 0 bridgehead atoms. The standard InChI is InChI=1S/C10H16O2/c1-5-6-7-9(11)12-8-10(2,3)4/h1H,6-8H2,2-4H3. The van der Waals surface area contributed by atoms with E-state index in [1.54, 1.807) is 0 Å². The van der Waals surface area contributed by atoms with Gasteiger partial charge < -0.3 is 4.74 Å². The van der Waals surface area contributed by atoms with E-state index >= 15 is 0 Å². The first-order chi connectivity index (χ1) is 5.45. The lowest BCUT2D eigenvalue weighted by Crippen LogP contribution is -2.18. The maximum atomic E-state index is 10.9. The molecule has 0 aromatic rings. The molecule has 2 nitrogen and oxygen atoms in total. The summed E-state index contributed by atoms with van der Waals surface area (Å²) >= 11 is 0. The molecule has 0 aliphatic carbocycles. The Hall–Kier alpha value is -0.970. The number of hydrogen-bond donors (Lipinski definition) is 0. The highest BCUT2D eigenvalue weighted by atomic mass is 16.5. The van der Waals surface area contributed by atoms with Gasteiger partial charge in [0.2, 0.25) is 0 Å². The van der Waals surface area contributed by atoms with Gasteiger partial charge in [0.1, 0.15) is 0 Å². The fourth-order valence-corrected chi connectivity index (χ4v) is 0.543. The van der Waals surface area contributed by atoms with Crippen molar-refractivity contribution in [3.63, 3.8) is 0 Å². The van der Waals surface area contributed by atoms with Crippen LogP contribution >= 0.6 is 0 Å². The maximum absolute atomic E-state index is 10.9. The largest absolute Gasteiger partial charge is 0.465 e. The van der Waals surface area contributed by atoms with Crippen LogP contribution in [0.15, 0.2) is 0 Å². The van der Waals surface area contributed by atoms with E-state index in [1.807, 2.05) is 20.8 Å². The number of esters is 1. The van der Waals surface area contributed by atoms with Gasteiger partial charge in [-0.05, 0) is 5.41 Å². The predicted molar refractivity (Wildman–Crippen MR) is 48.5 cm³/mol. The molecule has 0 atom stereocenters. The third kappa shape index (κ3) is 7.14. The molecule has 68 valence electrons. The summed E-state index contributed by atoms with van der Waals surface area (Å²) in [5.74, 6) is 2.19. The van der Waals surface area contributed by atoms with E-state index in [1.165, 1.54) is 0 Å². The number of hydrogen-bond acceptors (Lipinski definition) is 2. The monoisotopic (exact) mass is 168 g/mol. The van der Waals surface area contributed by atoms with Crippen molar-refractivity contribution in [2.24, 2.45) is 5.41 Å². The van der Waals surface area contributed by atoms with Gasteiger partial charge in [-0.1, -0.05) is 20.8 Å². The summed E-state index contributed by atoms with van der Waals surface area (Å²) in [6, 6.07) is 0. The maximum Gasteiger partial charge on any atom is 0.306 e. The fraction of sp³-hybridized carbons (Fsp3) is 0.700. The zero-order valence-corrected chi connectivity index (χ0v) is 8.02. The molecule has 0 unspecified atom stereocenters. The van der Waals surface area contributed by atoms with Crippen LogP contribution in [0.25, 0.3) is 0 Å². The third-order valence-electron chi connectivity index (χ3n) is 1.14. The minimum Gasteiger partial charge on any atom is -0.465 e. The molecule has 0 fully saturated rings. The zero-order chi connectivity index (χ0) is 9.61. The van der Waals surface area contributed by atoms with Crippen molar-refractivity contribution in [2.45, 2.75) is 33.6 Å². The van der Waals surface area contributed by atoms with Crippen molar-refractivity contribution in [2.75, 3.05) is 6.61 Å². The summed E-state index contributed by atoms with van der Waals surface area (Å²) in [4.78, 5) is 10.9. The second-order valence-electron chi connectivity index (χ2n) is 3.93. The molecular weight excluding hydrogens is 152 g/mol. The van der Waals surface area contributed by atoms with Gasteiger partial charge in [-0.2, -0.15) is 0 Å². The molecule has 0 radical (unpaired) electrons. The molecule has 0 saturated carbocycles. The Morgan fingerprint density at radius 3 is 2.50 bits per heavy atom. The van der Waals surface area contributed by atoms with E-state index in [0.29, 0.717) is 19.4 Å². The van der Waals surface area contributed by atoms with Crippen LogP contribution < -0.4 is 0 Å². The summed E-state index contributed by atoms with van der Waals surface area (Å²) in [5, 5.41) is 0. The molecular formula is C10H16O2. The highest BCUT2D eigenvalue weighted by Gasteiger charge is 2.12. The van der Waals surface area contributed by atoms with Gasteiger partial charge in [0.05, 0.1) is 13.0 Å². The normalized spacial score (nSPS) is 10.5. The van der Waals surface area contributed by atoms with E-state index in [0.717, 1.165) is 0 Å². The first-order valence-corrected chi connectivity index (χ1v) is 4.05. The lowest BCUT2D eigenvalue weighted by atomic mass is 9.99. The lowest BCUT2D eigenvalue weighted by Gasteiger charge is -2.17. The van der Waals surface area contributed by atoms with Crippen LogP contribution in [0.5, 0.6) is 0 Å². The van der Waals surface area contributed by atoms with Gasteiger partial charge in [0.25, 0.3) is 0 Å². The molecule has 0 aliphatic heterocycles. The van der Waals surface area contributed by atoms with E-state index in [-0.39, 0.29) is 11.4 Å². The Kier molecular flexibility index (Phi) is 4.43. The smallest absolute Gasteiger partial charge is 0.306 e. The van der Waals surface area contributed by atoms with Crippen molar-refractivity contribution in [1.29, 1.82) is 0 Å². The number of terminal acetylenes is 1.